The van der Waals surface area contributed by atoms with Gasteiger partial charge in [0.2, 0.25) is 0 Å². The number of likely N-dealkylation sites (N-methyl/N-ethyl adjacent to an activating group) is 1. The van der Waals surface area contributed by atoms with Crippen LogP contribution in [0.2, 0.25) is 0 Å². The molecule has 0 heterocycles. The lowest BCUT2D eigenvalue weighted by molar-refractivity contribution is 0.0189. The minimum atomic E-state index is -2.35. The SMILES string of the molecule is CCNCCOCC(F)F. The molecular formula is C6H13F2NO. The van der Waals surface area contributed by atoms with Crippen molar-refractivity contribution in [1.29, 1.82) is 0 Å². The largest absolute Gasteiger partial charge is 0.374 e. The number of halogens is 2. The number of nitrogens with one attached hydrogen (secondary N) is 1. The first kappa shape index (κ1) is 9.78. The van der Waals surface area contributed by atoms with Gasteiger partial charge in [0.25, 0.3) is 6.43 Å². The molecule has 0 spiro atoms. The van der Waals surface area contributed by atoms with E-state index in [2.05, 4.69) is 10.1 Å². The van der Waals surface area contributed by atoms with Crippen LogP contribution in [0.25, 0.3) is 0 Å². The molecule has 0 aliphatic rings. The molecular weight excluding hydrogens is 140 g/mol. The topological polar surface area (TPSA) is 21.3 Å². The molecule has 0 rings (SSSR count). The summed E-state index contributed by atoms with van der Waals surface area (Å²) >= 11 is 0. The average molecular weight is 153 g/mol. The van der Waals surface area contributed by atoms with Gasteiger partial charge in [-0.1, -0.05) is 6.92 Å². The Balaban J connectivity index is 2.77. The molecule has 0 fully saturated rings. The van der Waals surface area contributed by atoms with Crippen molar-refractivity contribution in [2.24, 2.45) is 0 Å². The van der Waals surface area contributed by atoms with Gasteiger partial charge in [-0.05, 0) is 6.54 Å². The number of ether oxygens (including phenoxy) is 1. The third kappa shape index (κ3) is 7.78. The molecule has 0 unspecified atom stereocenters. The van der Waals surface area contributed by atoms with Crippen LogP contribution >= 0.6 is 0 Å². The molecule has 0 saturated heterocycles. The third-order valence-corrected chi connectivity index (χ3v) is 0.917. The van der Waals surface area contributed by atoms with Crippen molar-refractivity contribution >= 4 is 0 Å². The van der Waals surface area contributed by atoms with Crippen LogP contribution < -0.4 is 5.32 Å². The first-order valence-electron chi connectivity index (χ1n) is 3.34. The minimum Gasteiger partial charge on any atom is -0.374 e. The van der Waals surface area contributed by atoms with Gasteiger partial charge < -0.3 is 10.1 Å². The van der Waals surface area contributed by atoms with Gasteiger partial charge >= 0.3 is 0 Å². The van der Waals surface area contributed by atoms with E-state index in [0.29, 0.717) is 13.2 Å². The highest BCUT2D eigenvalue weighted by molar-refractivity contribution is 4.40. The van der Waals surface area contributed by atoms with Crippen molar-refractivity contribution in [3.05, 3.63) is 0 Å². The Bertz CT molecular complexity index is 70.8. The zero-order chi connectivity index (χ0) is 7.82. The van der Waals surface area contributed by atoms with Crippen molar-refractivity contribution in [3.63, 3.8) is 0 Å². The Morgan fingerprint density at radius 2 is 2.20 bits per heavy atom. The fraction of sp³-hybridized carbons (Fsp3) is 1.00. The maximum atomic E-state index is 11.4. The van der Waals surface area contributed by atoms with Gasteiger partial charge in [-0.25, -0.2) is 8.78 Å². The van der Waals surface area contributed by atoms with E-state index in [1.807, 2.05) is 6.92 Å². The quantitative estimate of drug-likeness (QED) is 0.572. The minimum absolute atomic E-state index is 0.359. The van der Waals surface area contributed by atoms with Gasteiger partial charge in [0.15, 0.2) is 0 Å². The molecule has 0 bridgehead atoms. The number of hydrogen-bond donors (Lipinski definition) is 1. The van der Waals surface area contributed by atoms with Crippen molar-refractivity contribution in [1.82, 2.24) is 5.32 Å². The molecule has 1 N–H and O–H groups in total. The van der Waals surface area contributed by atoms with Crippen molar-refractivity contribution < 1.29 is 13.5 Å². The molecule has 62 valence electrons. The second-order valence-corrected chi connectivity index (χ2v) is 1.82. The van der Waals surface area contributed by atoms with Gasteiger partial charge in [-0.2, -0.15) is 0 Å². The monoisotopic (exact) mass is 153 g/mol. The molecule has 10 heavy (non-hydrogen) atoms. The zero-order valence-electron chi connectivity index (χ0n) is 6.07. The third-order valence-electron chi connectivity index (χ3n) is 0.917. The summed E-state index contributed by atoms with van der Waals surface area (Å²) in [5.41, 5.74) is 0. The average Bonchev–Trinajstić information content (AvgIpc) is 1.87. The normalized spacial score (nSPS) is 10.8. The van der Waals surface area contributed by atoms with Gasteiger partial charge in [-0.3, -0.25) is 0 Å². The van der Waals surface area contributed by atoms with E-state index in [1.165, 1.54) is 0 Å². The molecule has 0 aliphatic carbocycles. The summed E-state index contributed by atoms with van der Waals surface area (Å²) in [5.74, 6) is 0. The van der Waals surface area contributed by atoms with E-state index in [9.17, 15) is 8.78 Å². The van der Waals surface area contributed by atoms with Crippen molar-refractivity contribution in [3.8, 4) is 0 Å². The lowest BCUT2D eigenvalue weighted by Gasteiger charge is -2.02. The molecule has 0 aromatic rings. The summed E-state index contributed by atoms with van der Waals surface area (Å²) in [6, 6.07) is 0. The first-order chi connectivity index (χ1) is 4.77. The van der Waals surface area contributed by atoms with Gasteiger partial charge in [0, 0.05) is 6.54 Å². The number of hydrogen-bond acceptors (Lipinski definition) is 2. The Morgan fingerprint density at radius 3 is 2.70 bits per heavy atom. The van der Waals surface area contributed by atoms with Crippen LogP contribution in [0, 0.1) is 0 Å². The molecule has 0 amide bonds. The van der Waals surface area contributed by atoms with Crippen LogP contribution in [0.5, 0.6) is 0 Å². The summed E-state index contributed by atoms with van der Waals surface area (Å²) in [6.07, 6.45) is -2.35. The molecule has 0 aromatic carbocycles. The standard InChI is InChI=1S/C6H13F2NO/c1-2-9-3-4-10-5-6(7)8/h6,9H,2-5H2,1H3. The number of alkyl halides is 2. The van der Waals surface area contributed by atoms with E-state index in [-0.39, 0.29) is 0 Å². The lowest BCUT2D eigenvalue weighted by Crippen LogP contribution is -2.20. The highest BCUT2D eigenvalue weighted by Gasteiger charge is 1.99. The van der Waals surface area contributed by atoms with Crippen LogP contribution in [-0.4, -0.2) is 32.7 Å². The molecule has 0 atom stereocenters. The fourth-order valence-electron chi connectivity index (χ4n) is 0.494. The highest BCUT2D eigenvalue weighted by atomic mass is 19.3. The second-order valence-electron chi connectivity index (χ2n) is 1.82. The maximum absolute atomic E-state index is 11.4. The lowest BCUT2D eigenvalue weighted by atomic mass is 10.6. The summed E-state index contributed by atoms with van der Waals surface area (Å²) in [7, 11) is 0. The summed E-state index contributed by atoms with van der Waals surface area (Å²) in [6.45, 7) is 3.35. The van der Waals surface area contributed by atoms with E-state index in [0.717, 1.165) is 6.54 Å². The van der Waals surface area contributed by atoms with Crippen LogP contribution in [0.15, 0.2) is 0 Å². The maximum Gasteiger partial charge on any atom is 0.261 e. The van der Waals surface area contributed by atoms with Gasteiger partial charge in [0.1, 0.15) is 6.61 Å². The molecule has 0 radical (unpaired) electrons. The molecule has 0 aliphatic heterocycles. The molecule has 0 saturated carbocycles. The predicted molar refractivity (Wildman–Crippen MR) is 35.4 cm³/mol. The van der Waals surface area contributed by atoms with E-state index in [1.54, 1.807) is 0 Å². The first-order valence-corrected chi connectivity index (χ1v) is 3.34. The van der Waals surface area contributed by atoms with Crippen molar-refractivity contribution in [2.75, 3.05) is 26.3 Å². The summed E-state index contributed by atoms with van der Waals surface area (Å²) in [4.78, 5) is 0. The summed E-state index contributed by atoms with van der Waals surface area (Å²) in [5, 5.41) is 2.95. The van der Waals surface area contributed by atoms with Gasteiger partial charge in [-0.15, -0.1) is 0 Å². The van der Waals surface area contributed by atoms with Crippen molar-refractivity contribution in [2.45, 2.75) is 13.3 Å². The second kappa shape index (κ2) is 6.89. The van der Waals surface area contributed by atoms with Crippen LogP contribution in [-0.2, 0) is 4.74 Å². The Kier molecular flexibility index (Phi) is 6.74. The Hall–Kier alpha value is -0.220. The van der Waals surface area contributed by atoms with E-state index in [4.69, 9.17) is 0 Å². The Morgan fingerprint density at radius 1 is 1.50 bits per heavy atom. The van der Waals surface area contributed by atoms with Crippen LogP contribution in [0.1, 0.15) is 6.92 Å². The zero-order valence-corrected chi connectivity index (χ0v) is 6.07. The van der Waals surface area contributed by atoms with Gasteiger partial charge in [0.05, 0.1) is 6.61 Å². The highest BCUT2D eigenvalue weighted by Crippen LogP contribution is 1.90. The van der Waals surface area contributed by atoms with E-state index < -0.39 is 13.0 Å². The Labute approximate surface area is 59.6 Å². The number of rotatable bonds is 6. The smallest absolute Gasteiger partial charge is 0.261 e. The molecule has 0 aromatic heterocycles. The van der Waals surface area contributed by atoms with Crippen LogP contribution in [0.3, 0.4) is 0 Å². The predicted octanol–water partition coefficient (Wildman–Crippen LogP) is 0.878. The fourth-order valence-corrected chi connectivity index (χ4v) is 0.494. The van der Waals surface area contributed by atoms with Crippen LogP contribution in [0.4, 0.5) is 8.78 Å². The molecule has 2 nitrogen and oxygen atoms in total. The summed E-state index contributed by atoms with van der Waals surface area (Å²) < 4.78 is 27.4. The van der Waals surface area contributed by atoms with E-state index >= 15 is 0 Å². The molecule has 4 heteroatoms.